The van der Waals surface area contributed by atoms with Gasteiger partial charge in [0.25, 0.3) is 0 Å². The number of allylic oxidation sites excluding steroid dienone is 5. The highest BCUT2D eigenvalue weighted by atomic mass is 16.3. The van der Waals surface area contributed by atoms with Crippen LogP contribution in [0.5, 0.6) is 0 Å². The zero-order valence-corrected chi connectivity index (χ0v) is 9.80. The summed E-state index contributed by atoms with van der Waals surface area (Å²) in [6, 6.07) is 9.62. The van der Waals surface area contributed by atoms with E-state index in [9.17, 15) is 5.11 Å². The fourth-order valence-electron chi connectivity index (χ4n) is 1.35. The van der Waals surface area contributed by atoms with Crippen molar-refractivity contribution >= 4 is 0 Å². The van der Waals surface area contributed by atoms with Crippen LogP contribution in [0.15, 0.2) is 66.8 Å². The molecular formula is C15H18O. The quantitative estimate of drug-likeness (QED) is 0.759. The summed E-state index contributed by atoms with van der Waals surface area (Å²) in [6.07, 6.45) is 11.4. The lowest BCUT2D eigenvalue weighted by Gasteiger charge is -2.18. The summed E-state index contributed by atoms with van der Waals surface area (Å²) in [6.45, 7) is 3.75. The molecular weight excluding hydrogens is 196 g/mol. The van der Waals surface area contributed by atoms with E-state index in [0.29, 0.717) is 0 Å². The summed E-state index contributed by atoms with van der Waals surface area (Å²) in [5.74, 6) is 0. The van der Waals surface area contributed by atoms with Gasteiger partial charge in [-0.3, -0.25) is 0 Å². The maximum absolute atomic E-state index is 10.2. The van der Waals surface area contributed by atoms with Crippen LogP contribution in [0, 0.1) is 0 Å². The zero-order valence-electron chi connectivity index (χ0n) is 9.80. The third kappa shape index (κ3) is 3.87. The molecule has 1 atom stereocenters. The van der Waals surface area contributed by atoms with Gasteiger partial charge >= 0.3 is 0 Å². The van der Waals surface area contributed by atoms with E-state index in [1.165, 1.54) is 0 Å². The lowest BCUT2D eigenvalue weighted by atomic mass is 9.96. The summed E-state index contributed by atoms with van der Waals surface area (Å²) in [7, 11) is 0. The molecule has 84 valence electrons. The average Bonchev–Trinajstić information content (AvgIpc) is 2.30. The SMILES string of the molecule is C\C=C/C=C\C=C\C(C)(O)c1ccccc1. The molecule has 0 amide bonds. The fourth-order valence-corrected chi connectivity index (χ4v) is 1.35. The second-order valence-electron chi connectivity index (χ2n) is 3.78. The molecule has 0 radical (unpaired) electrons. The molecule has 0 aromatic heterocycles. The van der Waals surface area contributed by atoms with Gasteiger partial charge in [0.2, 0.25) is 0 Å². The minimum absolute atomic E-state index is 0.894. The molecule has 0 saturated carbocycles. The second kappa shape index (κ2) is 6.09. The number of aliphatic hydroxyl groups is 1. The molecule has 1 rings (SSSR count). The van der Waals surface area contributed by atoms with Gasteiger partial charge in [-0.25, -0.2) is 0 Å². The van der Waals surface area contributed by atoms with Crippen molar-refractivity contribution in [3.63, 3.8) is 0 Å². The molecule has 0 fully saturated rings. The zero-order chi connectivity index (χ0) is 11.9. The Morgan fingerprint density at radius 3 is 2.25 bits per heavy atom. The van der Waals surface area contributed by atoms with E-state index in [-0.39, 0.29) is 0 Å². The third-order valence-corrected chi connectivity index (χ3v) is 2.30. The molecule has 0 bridgehead atoms. The van der Waals surface area contributed by atoms with Crippen LogP contribution in [-0.2, 0) is 5.60 Å². The largest absolute Gasteiger partial charge is 0.381 e. The van der Waals surface area contributed by atoms with Crippen LogP contribution in [0.3, 0.4) is 0 Å². The van der Waals surface area contributed by atoms with Gasteiger partial charge < -0.3 is 5.11 Å². The topological polar surface area (TPSA) is 20.2 Å². The number of rotatable bonds is 4. The Bertz CT molecular complexity index is 383. The molecule has 0 aliphatic rings. The molecule has 0 heterocycles. The van der Waals surface area contributed by atoms with Gasteiger partial charge in [-0.1, -0.05) is 60.7 Å². The Hall–Kier alpha value is -1.60. The molecule has 1 aromatic carbocycles. The standard InChI is InChI=1S/C15H18O/c1-3-4-5-6-10-13-15(2,16)14-11-8-7-9-12-14/h3-13,16H,1-2H3/b4-3-,6-5-,13-10+. The van der Waals surface area contributed by atoms with Crippen LogP contribution < -0.4 is 0 Å². The smallest absolute Gasteiger partial charge is 0.105 e. The van der Waals surface area contributed by atoms with Crippen molar-refractivity contribution in [1.29, 1.82) is 0 Å². The van der Waals surface area contributed by atoms with Crippen LogP contribution in [0.25, 0.3) is 0 Å². The molecule has 1 heteroatoms. The summed E-state index contributed by atoms with van der Waals surface area (Å²) < 4.78 is 0. The minimum Gasteiger partial charge on any atom is -0.381 e. The number of benzene rings is 1. The van der Waals surface area contributed by atoms with Crippen molar-refractivity contribution in [2.45, 2.75) is 19.4 Å². The van der Waals surface area contributed by atoms with E-state index in [4.69, 9.17) is 0 Å². The van der Waals surface area contributed by atoms with E-state index < -0.39 is 5.60 Å². The molecule has 0 spiro atoms. The van der Waals surface area contributed by atoms with E-state index in [1.54, 1.807) is 13.0 Å². The first-order valence-electron chi connectivity index (χ1n) is 5.42. The Morgan fingerprint density at radius 1 is 1.00 bits per heavy atom. The third-order valence-electron chi connectivity index (χ3n) is 2.30. The molecule has 1 aromatic rings. The lowest BCUT2D eigenvalue weighted by molar-refractivity contribution is 0.111. The first-order chi connectivity index (χ1) is 7.67. The fraction of sp³-hybridized carbons (Fsp3) is 0.200. The van der Waals surface area contributed by atoms with Crippen LogP contribution in [0.2, 0.25) is 0 Å². The van der Waals surface area contributed by atoms with Crippen molar-refractivity contribution in [3.05, 3.63) is 72.4 Å². The maximum Gasteiger partial charge on any atom is 0.105 e. The van der Waals surface area contributed by atoms with Gasteiger partial charge in [0.15, 0.2) is 0 Å². The van der Waals surface area contributed by atoms with E-state index in [1.807, 2.05) is 67.6 Å². The first kappa shape index (κ1) is 12.5. The Kier molecular flexibility index (Phi) is 4.74. The van der Waals surface area contributed by atoms with Crippen LogP contribution in [0.4, 0.5) is 0 Å². The van der Waals surface area contributed by atoms with E-state index >= 15 is 0 Å². The van der Waals surface area contributed by atoms with Crippen molar-refractivity contribution in [3.8, 4) is 0 Å². The maximum atomic E-state index is 10.2. The Morgan fingerprint density at radius 2 is 1.62 bits per heavy atom. The molecule has 1 nitrogen and oxygen atoms in total. The molecule has 1 unspecified atom stereocenters. The molecule has 0 aliphatic heterocycles. The Labute approximate surface area is 97.4 Å². The lowest BCUT2D eigenvalue weighted by Crippen LogP contribution is -2.17. The predicted molar refractivity (Wildman–Crippen MR) is 69.1 cm³/mol. The predicted octanol–water partition coefficient (Wildman–Crippen LogP) is 3.58. The molecule has 1 N–H and O–H groups in total. The first-order valence-corrected chi connectivity index (χ1v) is 5.42. The highest BCUT2D eigenvalue weighted by molar-refractivity contribution is 5.27. The minimum atomic E-state index is -0.915. The van der Waals surface area contributed by atoms with Crippen LogP contribution in [0.1, 0.15) is 19.4 Å². The van der Waals surface area contributed by atoms with Gasteiger partial charge in [-0.2, -0.15) is 0 Å². The van der Waals surface area contributed by atoms with Crippen molar-refractivity contribution in [1.82, 2.24) is 0 Å². The van der Waals surface area contributed by atoms with Crippen molar-refractivity contribution in [2.75, 3.05) is 0 Å². The average molecular weight is 214 g/mol. The van der Waals surface area contributed by atoms with E-state index in [0.717, 1.165) is 5.56 Å². The highest BCUT2D eigenvalue weighted by Gasteiger charge is 2.17. The van der Waals surface area contributed by atoms with Crippen LogP contribution >= 0.6 is 0 Å². The number of hydrogen-bond donors (Lipinski definition) is 1. The van der Waals surface area contributed by atoms with Gasteiger partial charge in [-0.15, -0.1) is 0 Å². The summed E-state index contributed by atoms with van der Waals surface area (Å²) in [4.78, 5) is 0. The molecule has 0 aliphatic carbocycles. The van der Waals surface area contributed by atoms with Gasteiger partial charge in [0.05, 0.1) is 0 Å². The van der Waals surface area contributed by atoms with Crippen molar-refractivity contribution in [2.24, 2.45) is 0 Å². The van der Waals surface area contributed by atoms with Gasteiger partial charge in [-0.05, 0) is 25.5 Å². The Balaban J connectivity index is 2.72. The van der Waals surface area contributed by atoms with Gasteiger partial charge in [0, 0.05) is 0 Å². The molecule has 16 heavy (non-hydrogen) atoms. The van der Waals surface area contributed by atoms with Crippen molar-refractivity contribution < 1.29 is 5.11 Å². The normalized spacial score (nSPS) is 16.2. The van der Waals surface area contributed by atoms with Crippen LogP contribution in [-0.4, -0.2) is 5.11 Å². The van der Waals surface area contributed by atoms with Gasteiger partial charge in [0.1, 0.15) is 5.60 Å². The van der Waals surface area contributed by atoms with E-state index in [2.05, 4.69) is 0 Å². The summed E-state index contributed by atoms with van der Waals surface area (Å²) in [5.41, 5.74) is -0.0210. The monoisotopic (exact) mass is 214 g/mol. The molecule has 0 saturated heterocycles. The second-order valence-corrected chi connectivity index (χ2v) is 3.78. The summed E-state index contributed by atoms with van der Waals surface area (Å²) in [5, 5.41) is 10.2. The summed E-state index contributed by atoms with van der Waals surface area (Å²) >= 11 is 0. The number of hydrogen-bond acceptors (Lipinski definition) is 1. The highest BCUT2D eigenvalue weighted by Crippen LogP contribution is 2.21.